The van der Waals surface area contributed by atoms with E-state index in [0.29, 0.717) is 0 Å². The predicted octanol–water partition coefficient (Wildman–Crippen LogP) is 3.87. The first-order chi connectivity index (χ1) is 10.2. The zero-order valence-electron chi connectivity index (χ0n) is 12.1. The van der Waals surface area contributed by atoms with Crippen LogP contribution in [-0.2, 0) is 6.42 Å². The maximum Gasteiger partial charge on any atom is 0.148 e. The lowest BCUT2D eigenvalue weighted by Gasteiger charge is -2.33. The van der Waals surface area contributed by atoms with Crippen LogP contribution < -0.4 is 10.6 Å². The fourth-order valence-electron chi connectivity index (χ4n) is 3.06. The van der Waals surface area contributed by atoms with Crippen LogP contribution in [0, 0.1) is 11.7 Å². The summed E-state index contributed by atoms with van der Waals surface area (Å²) in [6, 6.07) is 15.8. The number of nitrogen functional groups attached to an aromatic ring is 1. The Hall–Kier alpha value is -2.03. The summed E-state index contributed by atoms with van der Waals surface area (Å²) in [5.74, 6) is 0.404. The third kappa shape index (κ3) is 3.35. The Balaban J connectivity index is 1.58. The van der Waals surface area contributed by atoms with Crippen molar-refractivity contribution in [1.82, 2.24) is 0 Å². The van der Waals surface area contributed by atoms with E-state index in [0.717, 1.165) is 44.0 Å². The van der Waals surface area contributed by atoms with Gasteiger partial charge in [0.25, 0.3) is 0 Å². The van der Waals surface area contributed by atoms with Crippen LogP contribution in [0.4, 0.5) is 15.8 Å². The van der Waals surface area contributed by atoms with Crippen molar-refractivity contribution in [2.45, 2.75) is 19.3 Å². The number of anilines is 2. The van der Waals surface area contributed by atoms with E-state index >= 15 is 0 Å². The highest BCUT2D eigenvalue weighted by Crippen LogP contribution is 2.27. The van der Waals surface area contributed by atoms with Crippen LogP contribution in [0.3, 0.4) is 0 Å². The molecule has 110 valence electrons. The van der Waals surface area contributed by atoms with E-state index in [9.17, 15) is 4.39 Å². The molecule has 2 aromatic carbocycles. The minimum Gasteiger partial charge on any atom is -0.396 e. The fourth-order valence-corrected chi connectivity index (χ4v) is 3.06. The second-order valence-corrected chi connectivity index (χ2v) is 5.83. The van der Waals surface area contributed by atoms with Crippen LogP contribution in [-0.4, -0.2) is 13.1 Å². The second-order valence-electron chi connectivity index (χ2n) is 5.83. The van der Waals surface area contributed by atoms with Gasteiger partial charge in [-0.15, -0.1) is 0 Å². The fraction of sp³-hybridized carbons (Fsp3) is 0.333. The molecule has 2 nitrogen and oxygen atoms in total. The monoisotopic (exact) mass is 284 g/mol. The Labute approximate surface area is 125 Å². The number of piperidine rings is 1. The van der Waals surface area contributed by atoms with E-state index in [-0.39, 0.29) is 11.5 Å². The summed E-state index contributed by atoms with van der Waals surface area (Å²) in [6.07, 6.45) is 3.45. The van der Waals surface area contributed by atoms with Gasteiger partial charge in [0.2, 0.25) is 0 Å². The highest BCUT2D eigenvalue weighted by molar-refractivity contribution is 5.54. The van der Waals surface area contributed by atoms with Crippen molar-refractivity contribution in [3.05, 3.63) is 59.9 Å². The highest BCUT2D eigenvalue weighted by Gasteiger charge is 2.20. The molecule has 21 heavy (non-hydrogen) atoms. The molecule has 0 saturated carbocycles. The Morgan fingerprint density at radius 2 is 1.76 bits per heavy atom. The zero-order chi connectivity index (χ0) is 14.7. The first-order valence-electron chi connectivity index (χ1n) is 7.56. The number of hydrogen-bond donors (Lipinski definition) is 1. The van der Waals surface area contributed by atoms with Crippen molar-refractivity contribution in [3.63, 3.8) is 0 Å². The lowest BCUT2D eigenvalue weighted by molar-refractivity contribution is 0.403. The molecule has 1 saturated heterocycles. The summed E-state index contributed by atoms with van der Waals surface area (Å²) in [7, 11) is 0. The quantitative estimate of drug-likeness (QED) is 0.867. The first-order valence-corrected chi connectivity index (χ1v) is 7.56. The van der Waals surface area contributed by atoms with Crippen molar-refractivity contribution in [2.24, 2.45) is 5.92 Å². The molecule has 1 aliphatic heterocycles. The summed E-state index contributed by atoms with van der Waals surface area (Å²) < 4.78 is 13.5. The van der Waals surface area contributed by atoms with Gasteiger partial charge in [0.15, 0.2) is 0 Å². The minimum atomic E-state index is -0.320. The van der Waals surface area contributed by atoms with Gasteiger partial charge < -0.3 is 10.6 Å². The number of rotatable bonds is 3. The summed E-state index contributed by atoms with van der Waals surface area (Å²) >= 11 is 0. The maximum atomic E-state index is 13.5. The van der Waals surface area contributed by atoms with Crippen LogP contribution in [0.5, 0.6) is 0 Å². The molecule has 3 rings (SSSR count). The van der Waals surface area contributed by atoms with Gasteiger partial charge in [0.05, 0.1) is 5.69 Å². The van der Waals surface area contributed by atoms with Gasteiger partial charge in [-0.3, -0.25) is 0 Å². The normalized spacial score (nSPS) is 16.1. The lowest BCUT2D eigenvalue weighted by atomic mass is 9.90. The first kappa shape index (κ1) is 13.9. The third-order valence-electron chi connectivity index (χ3n) is 4.33. The predicted molar refractivity (Wildman–Crippen MR) is 85.9 cm³/mol. The highest BCUT2D eigenvalue weighted by atomic mass is 19.1. The Morgan fingerprint density at radius 3 is 2.43 bits per heavy atom. The van der Waals surface area contributed by atoms with Crippen LogP contribution in [0.1, 0.15) is 18.4 Å². The SMILES string of the molecule is Nc1ccc(N2CCC(Cc3ccccc3)CC2)cc1F. The number of nitrogens with zero attached hydrogens (tertiary/aromatic N) is 1. The van der Waals surface area contributed by atoms with E-state index in [1.165, 1.54) is 5.56 Å². The van der Waals surface area contributed by atoms with Crippen molar-refractivity contribution in [3.8, 4) is 0 Å². The summed E-state index contributed by atoms with van der Waals surface area (Å²) in [4.78, 5) is 2.25. The summed E-state index contributed by atoms with van der Waals surface area (Å²) in [6.45, 7) is 1.97. The van der Waals surface area contributed by atoms with E-state index in [1.54, 1.807) is 12.1 Å². The molecule has 0 bridgehead atoms. The molecular formula is C18H21FN2. The summed E-state index contributed by atoms with van der Waals surface area (Å²) in [5, 5.41) is 0. The molecule has 0 spiro atoms. The third-order valence-corrected chi connectivity index (χ3v) is 4.33. The molecule has 3 heteroatoms. The topological polar surface area (TPSA) is 29.3 Å². The molecule has 1 aliphatic rings. The van der Waals surface area contributed by atoms with Crippen molar-refractivity contribution >= 4 is 11.4 Å². The van der Waals surface area contributed by atoms with Crippen LogP contribution >= 0.6 is 0 Å². The van der Waals surface area contributed by atoms with E-state index in [1.807, 2.05) is 6.07 Å². The van der Waals surface area contributed by atoms with Gasteiger partial charge in [-0.25, -0.2) is 4.39 Å². The molecule has 0 unspecified atom stereocenters. The van der Waals surface area contributed by atoms with Crippen molar-refractivity contribution < 1.29 is 4.39 Å². The Morgan fingerprint density at radius 1 is 1.05 bits per heavy atom. The smallest absolute Gasteiger partial charge is 0.148 e. The number of benzene rings is 2. The molecule has 0 radical (unpaired) electrons. The zero-order valence-corrected chi connectivity index (χ0v) is 12.1. The molecule has 0 aliphatic carbocycles. The molecule has 2 aromatic rings. The van der Waals surface area contributed by atoms with Crippen molar-refractivity contribution in [1.29, 1.82) is 0 Å². The number of hydrogen-bond acceptors (Lipinski definition) is 2. The Kier molecular flexibility index (Phi) is 4.09. The lowest BCUT2D eigenvalue weighted by Crippen LogP contribution is -2.34. The molecule has 1 heterocycles. The van der Waals surface area contributed by atoms with E-state index in [2.05, 4.69) is 35.2 Å². The second kappa shape index (κ2) is 6.17. The van der Waals surface area contributed by atoms with Crippen LogP contribution in [0.15, 0.2) is 48.5 Å². The van der Waals surface area contributed by atoms with Gasteiger partial charge in [-0.1, -0.05) is 30.3 Å². The average Bonchev–Trinajstić information content (AvgIpc) is 2.52. The standard InChI is InChI=1S/C18H21FN2/c19-17-13-16(6-7-18(17)20)21-10-8-15(9-11-21)12-14-4-2-1-3-5-14/h1-7,13,15H,8-12,20H2. The van der Waals surface area contributed by atoms with Gasteiger partial charge in [0, 0.05) is 18.8 Å². The van der Waals surface area contributed by atoms with Gasteiger partial charge in [-0.05, 0) is 48.9 Å². The number of halogens is 1. The molecule has 1 fully saturated rings. The van der Waals surface area contributed by atoms with Gasteiger partial charge in [-0.2, -0.15) is 0 Å². The molecule has 0 aromatic heterocycles. The molecule has 0 atom stereocenters. The van der Waals surface area contributed by atoms with E-state index in [4.69, 9.17) is 5.73 Å². The van der Waals surface area contributed by atoms with Crippen molar-refractivity contribution in [2.75, 3.05) is 23.7 Å². The van der Waals surface area contributed by atoms with Gasteiger partial charge >= 0.3 is 0 Å². The maximum absolute atomic E-state index is 13.5. The number of nitrogens with two attached hydrogens (primary N) is 1. The average molecular weight is 284 g/mol. The van der Waals surface area contributed by atoms with Gasteiger partial charge in [0.1, 0.15) is 5.82 Å². The molecule has 0 amide bonds. The molecule has 2 N–H and O–H groups in total. The summed E-state index contributed by atoms with van der Waals surface area (Å²) in [5.41, 5.74) is 8.11. The van der Waals surface area contributed by atoms with E-state index < -0.39 is 0 Å². The van der Waals surface area contributed by atoms with Crippen LogP contribution in [0.2, 0.25) is 0 Å². The molecular weight excluding hydrogens is 263 g/mol. The van der Waals surface area contributed by atoms with Crippen LogP contribution in [0.25, 0.3) is 0 Å². The minimum absolute atomic E-state index is 0.220. The largest absolute Gasteiger partial charge is 0.396 e. The Bertz CT molecular complexity index is 589.